The van der Waals surface area contributed by atoms with E-state index in [0.717, 1.165) is 36.0 Å². The molecule has 4 saturated carbocycles. The van der Waals surface area contributed by atoms with Gasteiger partial charge < -0.3 is 9.84 Å². The summed E-state index contributed by atoms with van der Waals surface area (Å²) < 4.78 is 5.02. The van der Waals surface area contributed by atoms with Gasteiger partial charge in [0.15, 0.2) is 5.82 Å². The lowest BCUT2D eigenvalue weighted by molar-refractivity contribution is -0.0145. The fraction of sp³-hybridized carbons (Fsp3) is 0.857. The number of aryl methyl sites for hydroxylation is 1. The zero-order valence-corrected chi connectivity index (χ0v) is 10.9. The van der Waals surface area contributed by atoms with Crippen molar-refractivity contribution >= 4 is 0 Å². The second-order valence-electron chi connectivity index (χ2n) is 6.57. The van der Waals surface area contributed by atoms with Crippen molar-refractivity contribution in [3.05, 3.63) is 11.7 Å². The summed E-state index contributed by atoms with van der Waals surface area (Å²) in [6.45, 7) is 2.61. The van der Waals surface area contributed by atoms with Gasteiger partial charge in [0, 0.05) is 13.0 Å². The smallest absolute Gasteiger partial charge is 0.223 e. The largest absolute Gasteiger partial charge is 0.340 e. The average Bonchev–Trinajstić information content (AvgIpc) is 2.73. The van der Waals surface area contributed by atoms with Gasteiger partial charge in [-0.25, -0.2) is 0 Å². The van der Waals surface area contributed by atoms with E-state index in [-0.39, 0.29) is 0 Å². The summed E-state index contributed by atoms with van der Waals surface area (Å²) in [6.07, 6.45) is 7.33. The Kier molecular flexibility index (Phi) is 2.47. The van der Waals surface area contributed by atoms with Gasteiger partial charge in [-0.05, 0) is 55.8 Å². The van der Waals surface area contributed by atoms with Crippen LogP contribution in [0.2, 0.25) is 0 Å². The summed E-state index contributed by atoms with van der Waals surface area (Å²) in [5.74, 6) is 5.37. The molecule has 5 rings (SSSR count). The standard InChI is InChI=1S/C14H21N3O/c1-8-16-13(17-18-8)7-15-14-11-3-9-2-10(5-11)6-12(14)4-9/h9-12,14-15H,2-7H2,1H3. The topological polar surface area (TPSA) is 51.0 Å². The fourth-order valence-corrected chi connectivity index (χ4v) is 4.88. The van der Waals surface area contributed by atoms with Crippen LogP contribution in [0.4, 0.5) is 0 Å². The van der Waals surface area contributed by atoms with Crippen LogP contribution in [0, 0.1) is 30.6 Å². The second kappa shape index (κ2) is 4.05. The van der Waals surface area contributed by atoms with Gasteiger partial charge in [0.25, 0.3) is 0 Å². The summed E-state index contributed by atoms with van der Waals surface area (Å²) in [6, 6.07) is 0.705. The van der Waals surface area contributed by atoms with Crippen molar-refractivity contribution in [2.45, 2.75) is 51.6 Å². The second-order valence-corrected chi connectivity index (χ2v) is 6.57. The van der Waals surface area contributed by atoms with E-state index in [2.05, 4.69) is 15.5 Å². The molecule has 0 aromatic carbocycles. The van der Waals surface area contributed by atoms with Crippen LogP contribution in [0.25, 0.3) is 0 Å². The maximum atomic E-state index is 5.02. The molecule has 0 radical (unpaired) electrons. The Bertz CT molecular complexity index is 414. The van der Waals surface area contributed by atoms with E-state index in [1.807, 2.05) is 6.92 Å². The Hall–Kier alpha value is -0.900. The van der Waals surface area contributed by atoms with Crippen molar-refractivity contribution in [1.29, 1.82) is 0 Å². The molecule has 4 heteroatoms. The molecule has 98 valence electrons. The number of hydrogen-bond acceptors (Lipinski definition) is 4. The highest BCUT2D eigenvalue weighted by molar-refractivity contribution is 5.01. The lowest BCUT2D eigenvalue weighted by atomic mass is 9.54. The summed E-state index contributed by atoms with van der Waals surface area (Å²) in [5, 5.41) is 7.68. The van der Waals surface area contributed by atoms with Crippen molar-refractivity contribution in [3.8, 4) is 0 Å². The Morgan fingerprint density at radius 1 is 1.11 bits per heavy atom. The quantitative estimate of drug-likeness (QED) is 0.890. The molecule has 1 heterocycles. The molecular weight excluding hydrogens is 226 g/mol. The van der Waals surface area contributed by atoms with Gasteiger partial charge >= 0.3 is 0 Å². The van der Waals surface area contributed by atoms with Gasteiger partial charge in [-0.15, -0.1) is 0 Å². The Balaban J connectivity index is 1.43. The minimum atomic E-state index is 0.664. The molecule has 18 heavy (non-hydrogen) atoms. The van der Waals surface area contributed by atoms with Crippen LogP contribution in [0.3, 0.4) is 0 Å². The van der Waals surface area contributed by atoms with E-state index in [1.54, 1.807) is 0 Å². The molecule has 4 fully saturated rings. The van der Waals surface area contributed by atoms with Crippen molar-refractivity contribution in [2.75, 3.05) is 0 Å². The molecule has 4 nitrogen and oxygen atoms in total. The number of rotatable bonds is 3. The van der Waals surface area contributed by atoms with Gasteiger partial charge in [0.1, 0.15) is 0 Å². The fourth-order valence-electron chi connectivity index (χ4n) is 4.88. The third-order valence-corrected chi connectivity index (χ3v) is 5.29. The van der Waals surface area contributed by atoms with Gasteiger partial charge in [0.05, 0.1) is 6.54 Å². The highest BCUT2D eigenvalue weighted by Gasteiger charge is 2.47. The summed E-state index contributed by atoms with van der Waals surface area (Å²) in [5.41, 5.74) is 0. The first-order valence-corrected chi connectivity index (χ1v) is 7.30. The molecule has 4 aliphatic carbocycles. The molecular formula is C14H21N3O. The molecule has 4 aliphatic rings. The van der Waals surface area contributed by atoms with E-state index in [4.69, 9.17) is 4.52 Å². The Morgan fingerprint density at radius 2 is 1.78 bits per heavy atom. The van der Waals surface area contributed by atoms with E-state index in [0.29, 0.717) is 11.9 Å². The van der Waals surface area contributed by atoms with E-state index >= 15 is 0 Å². The molecule has 4 bridgehead atoms. The summed E-state index contributed by atoms with van der Waals surface area (Å²) >= 11 is 0. The van der Waals surface area contributed by atoms with Gasteiger partial charge in [0.2, 0.25) is 5.89 Å². The van der Waals surface area contributed by atoms with Crippen LogP contribution >= 0.6 is 0 Å². The molecule has 0 amide bonds. The number of nitrogens with zero attached hydrogens (tertiary/aromatic N) is 2. The maximum absolute atomic E-state index is 5.02. The molecule has 0 atom stereocenters. The minimum Gasteiger partial charge on any atom is -0.340 e. The number of aromatic nitrogens is 2. The Morgan fingerprint density at radius 3 is 2.33 bits per heavy atom. The maximum Gasteiger partial charge on any atom is 0.223 e. The van der Waals surface area contributed by atoms with Gasteiger partial charge in [-0.1, -0.05) is 5.16 Å². The van der Waals surface area contributed by atoms with E-state index in [1.165, 1.54) is 32.1 Å². The third kappa shape index (κ3) is 1.78. The zero-order valence-electron chi connectivity index (χ0n) is 10.9. The first kappa shape index (κ1) is 11.0. The molecule has 0 saturated heterocycles. The lowest BCUT2D eigenvalue weighted by Crippen LogP contribution is -2.54. The van der Waals surface area contributed by atoms with Gasteiger partial charge in [-0.3, -0.25) is 0 Å². The van der Waals surface area contributed by atoms with Crippen LogP contribution in [0.1, 0.15) is 43.8 Å². The summed E-state index contributed by atoms with van der Waals surface area (Å²) in [4.78, 5) is 4.27. The monoisotopic (exact) mass is 247 g/mol. The SMILES string of the molecule is Cc1nc(CNC2C3CC4CC(C3)CC2C4)no1. The zero-order chi connectivity index (χ0) is 12.1. The number of hydrogen-bond donors (Lipinski definition) is 1. The minimum absolute atomic E-state index is 0.664. The van der Waals surface area contributed by atoms with Crippen molar-refractivity contribution < 1.29 is 4.52 Å². The molecule has 1 aromatic heterocycles. The highest BCUT2D eigenvalue weighted by atomic mass is 16.5. The van der Waals surface area contributed by atoms with Crippen molar-refractivity contribution in [1.82, 2.24) is 15.5 Å². The van der Waals surface area contributed by atoms with E-state index in [9.17, 15) is 0 Å². The van der Waals surface area contributed by atoms with Crippen LogP contribution in [-0.2, 0) is 6.54 Å². The van der Waals surface area contributed by atoms with Crippen LogP contribution in [-0.4, -0.2) is 16.2 Å². The highest BCUT2D eigenvalue weighted by Crippen LogP contribution is 2.53. The average molecular weight is 247 g/mol. The van der Waals surface area contributed by atoms with Crippen molar-refractivity contribution in [2.24, 2.45) is 23.7 Å². The van der Waals surface area contributed by atoms with Crippen LogP contribution < -0.4 is 5.32 Å². The lowest BCUT2D eigenvalue weighted by Gasteiger charge is -2.54. The number of nitrogens with one attached hydrogen (secondary N) is 1. The molecule has 0 spiro atoms. The van der Waals surface area contributed by atoms with E-state index < -0.39 is 0 Å². The first-order valence-electron chi connectivity index (χ1n) is 7.30. The molecule has 0 aliphatic heterocycles. The van der Waals surface area contributed by atoms with Gasteiger partial charge in [-0.2, -0.15) is 4.98 Å². The normalized spacial score (nSPS) is 41.5. The van der Waals surface area contributed by atoms with Crippen LogP contribution in [0.15, 0.2) is 4.52 Å². The third-order valence-electron chi connectivity index (χ3n) is 5.29. The summed E-state index contributed by atoms with van der Waals surface area (Å²) in [7, 11) is 0. The Labute approximate surface area is 108 Å². The predicted octanol–water partition coefficient (Wildman–Crippen LogP) is 2.29. The molecule has 0 unspecified atom stereocenters. The van der Waals surface area contributed by atoms with Crippen LogP contribution in [0.5, 0.6) is 0 Å². The molecule has 1 N–H and O–H groups in total. The predicted molar refractivity (Wildman–Crippen MR) is 66.7 cm³/mol. The van der Waals surface area contributed by atoms with Crippen molar-refractivity contribution in [3.63, 3.8) is 0 Å². The first-order chi connectivity index (χ1) is 8.78. The molecule has 1 aromatic rings.